The van der Waals surface area contributed by atoms with Crippen molar-refractivity contribution in [1.82, 2.24) is 10.2 Å². The van der Waals surface area contributed by atoms with E-state index in [0.717, 1.165) is 5.13 Å². The minimum absolute atomic E-state index is 0.488. The molecule has 0 radical (unpaired) electrons. The number of aromatic nitrogens is 2. The highest BCUT2D eigenvalue weighted by Crippen LogP contribution is 2.09. The fourth-order valence-electron chi connectivity index (χ4n) is 0.542. The highest BCUT2D eigenvalue weighted by atomic mass is 32.1. The SMILES string of the molecule is CC(C)(O)CNc1nncs1. The summed E-state index contributed by atoms with van der Waals surface area (Å²) in [6.45, 7) is 3.96. The predicted octanol–water partition coefficient (Wildman–Crippen LogP) is 0.721. The minimum atomic E-state index is -0.703. The molecule has 0 atom stereocenters. The molecule has 0 aliphatic heterocycles. The van der Waals surface area contributed by atoms with E-state index in [1.165, 1.54) is 11.3 Å². The molecule has 62 valence electrons. The van der Waals surface area contributed by atoms with E-state index in [2.05, 4.69) is 15.5 Å². The van der Waals surface area contributed by atoms with Crippen molar-refractivity contribution < 1.29 is 5.11 Å². The Kier molecular flexibility index (Phi) is 2.41. The van der Waals surface area contributed by atoms with Gasteiger partial charge < -0.3 is 10.4 Å². The number of nitrogens with one attached hydrogen (secondary N) is 1. The molecule has 1 heterocycles. The number of anilines is 1. The Morgan fingerprint density at radius 1 is 1.73 bits per heavy atom. The molecule has 11 heavy (non-hydrogen) atoms. The molecule has 2 N–H and O–H groups in total. The Balaban J connectivity index is 2.35. The molecule has 0 aliphatic carbocycles. The van der Waals surface area contributed by atoms with Gasteiger partial charge >= 0.3 is 0 Å². The quantitative estimate of drug-likeness (QED) is 0.707. The lowest BCUT2D eigenvalue weighted by atomic mass is 10.1. The average Bonchev–Trinajstić information content (AvgIpc) is 2.32. The molecule has 1 aromatic heterocycles. The van der Waals surface area contributed by atoms with Crippen LogP contribution in [0.25, 0.3) is 0 Å². The van der Waals surface area contributed by atoms with E-state index in [1.807, 2.05) is 0 Å². The van der Waals surface area contributed by atoms with E-state index < -0.39 is 5.60 Å². The lowest BCUT2D eigenvalue weighted by molar-refractivity contribution is 0.0945. The second-order valence-electron chi connectivity index (χ2n) is 2.91. The van der Waals surface area contributed by atoms with Crippen LogP contribution in [0.1, 0.15) is 13.8 Å². The fraction of sp³-hybridized carbons (Fsp3) is 0.667. The van der Waals surface area contributed by atoms with Gasteiger partial charge in [-0.05, 0) is 13.8 Å². The number of hydrogen-bond acceptors (Lipinski definition) is 5. The third kappa shape index (κ3) is 3.29. The third-order valence-electron chi connectivity index (χ3n) is 1.03. The first kappa shape index (κ1) is 8.42. The van der Waals surface area contributed by atoms with Crippen molar-refractivity contribution in [2.45, 2.75) is 19.4 Å². The Morgan fingerprint density at radius 2 is 2.45 bits per heavy atom. The first-order chi connectivity index (χ1) is 5.08. The zero-order valence-corrected chi connectivity index (χ0v) is 7.35. The highest BCUT2D eigenvalue weighted by Gasteiger charge is 2.11. The van der Waals surface area contributed by atoms with Gasteiger partial charge in [-0.2, -0.15) is 0 Å². The molecule has 0 bridgehead atoms. The predicted molar refractivity (Wildman–Crippen MR) is 44.7 cm³/mol. The minimum Gasteiger partial charge on any atom is -0.389 e. The summed E-state index contributed by atoms with van der Waals surface area (Å²) in [4.78, 5) is 0. The first-order valence-corrected chi connectivity index (χ1v) is 4.18. The van der Waals surface area contributed by atoms with Crippen LogP contribution in [0, 0.1) is 0 Å². The van der Waals surface area contributed by atoms with E-state index in [9.17, 15) is 5.11 Å². The van der Waals surface area contributed by atoms with Crippen molar-refractivity contribution in [3.05, 3.63) is 5.51 Å². The van der Waals surface area contributed by atoms with E-state index in [-0.39, 0.29) is 0 Å². The van der Waals surface area contributed by atoms with Gasteiger partial charge in [0, 0.05) is 6.54 Å². The van der Waals surface area contributed by atoms with Gasteiger partial charge in [-0.15, -0.1) is 10.2 Å². The topological polar surface area (TPSA) is 58.0 Å². The van der Waals surface area contributed by atoms with Gasteiger partial charge in [-0.25, -0.2) is 0 Å². The van der Waals surface area contributed by atoms with Crippen LogP contribution in [0.15, 0.2) is 5.51 Å². The van der Waals surface area contributed by atoms with Crippen molar-refractivity contribution in [1.29, 1.82) is 0 Å². The number of rotatable bonds is 3. The molecule has 0 aliphatic rings. The van der Waals surface area contributed by atoms with E-state index in [1.54, 1.807) is 19.4 Å². The van der Waals surface area contributed by atoms with Crippen LogP contribution < -0.4 is 5.32 Å². The highest BCUT2D eigenvalue weighted by molar-refractivity contribution is 7.13. The van der Waals surface area contributed by atoms with E-state index in [0.29, 0.717) is 6.54 Å². The van der Waals surface area contributed by atoms with Crippen molar-refractivity contribution in [3.63, 3.8) is 0 Å². The molecule has 0 spiro atoms. The Morgan fingerprint density at radius 3 is 2.91 bits per heavy atom. The van der Waals surface area contributed by atoms with Crippen LogP contribution in [0.3, 0.4) is 0 Å². The summed E-state index contributed by atoms with van der Waals surface area (Å²) >= 11 is 1.42. The van der Waals surface area contributed by atoms with Crippen molar-refractivity contribution in [2.75, 3.05) is 11.9 Å². The summed E-state index contributed by atoms with van der Waals surface area (Å²) in [6, 6.07) is 0. The van der Waals surface area contributed by atoms with Crippen LogP contribution in [-0.2, 0) is 0 Å². The maximum absolute atomic E-state index is 9.31. The van der Waals surface area contributed by atoms with Gasteiger partial charge in [0.15, 0.2) is 0 Å². The molecule has 0 unspecified atom stereocenters. The molecule has 1 rings (SSSR count). The smallest absolute Gasteiger partial charge is 0.205 e. The van der Waals surface area contributed by atoms with Crippen LogP contribution >= 0.6 is 11.3 Å². The zero-order valence-electron chi connectivity index (χ0n) is 6.53. The van der Waals surface area contributed by atoms with Crippen molar-refractivity contribution in [3.8, 4) is 0 Å². The van der Waals surface area contributed by atoms with Gasteiger partial charge in [0.25, 0.3) is 0 Å². The summed E-state index contributed by atoms with van der Waals surface area (Å²) in [7, 11) is 0. The lowest BCUT2D eigenvalue weighted by Crippen LogP contribution is -2.29. The molecule has 0 amide bonds. The maximum atomic E-state index is 9.31. The second-order valence-corrected chi connectivity index (χ2v) is 3.74. The summed E-state index contributed by atoms with van der Waals surface area (Å²) in [5, 5.41) is 20.4. The van der Waals surface area contributed by atoms with Crippen LogP contribution in [-0.4, -0.2) is 27.4 Å². The number of aliphatic hydroxyl groups is 1. The molecule has 1 aromatic rings. The first-order valence-electron chi connectivity index (χ1n) is 3.30. The standard InChI is InChI=1S/C6H11N3OS/c1-6(2,10)3-7-5-9-8-4-11-5/h4,10H,3H2,1-2H3,(H,7,9). The summed E-state index contributed by atoms with van der Waals surface area (Å²) in [5.74, 6) is 0. The normalized spacial score (nSPS) is 11.5. The van der Waals surface area contributed by atoms with Crippen LogP contribution in [0.4, 0.5) is 5.13 Å². The Hall–Kier alpha value is -0.680. The molecule has 0 saturated carbocycles. The second kappa shape index (κ2) is 3.15. The van der Waals surface area contributed by atoms with Crippen molar-refractivity contribution in [2.24, 2.45) is 0 Å². The monoisotopic (exact) mass is 173 g/mol. The van der Waals surface area contributed by atoms with Gasteiger partial charge in [0.05, 0.1) is 5.60 Å². The van der Waals surface area contributed by atoms with E-state index in [4.69, 9.17) is 0 Å². The molecule has 5 heteroatoms. The van der Waals surface area contributed by atoms with Gasteiger partial charge in [-0.1, -0.05) is 11.3 Å². The lowest BCUT2D eigenvalue weighted by Gasteiger charge is -2.16. The number of nitrogens with zero attached hydrogens (tertiary/aromatic N) is 2. The average molecular weight is 173 g/mol. The summed E-state index contributed by atoms with van der Waals surface area (Å²) in [6.07, 6.45) is 0. The Labute approximate surface area is 69.3 Å². The molecular weight excluding hydrogens is 162 g/mol. The van der Waals surface area contributed by atoms with Gasteiger partial charge in [0.2, 0.25) is 5.13 Å². The Bertz CT molecular complexity index is 204. The summed E-state index contributed by atoms with van der Waals surface area (Å²) in [5.41, 5.74) is 0.943. The molecular formula is C6H11N3OS. The number of hydrogen-bond donors (Lipinski definition) is 2. The largest absolute Gasteiger partial charge is 0.389 e. The molecule has 0 aromatic carbocycles. The zero-order chi connectivity index (χ0) is 8.32. The van der Waals surface area contributed by atoms with Gasteiger partial charge in [-0.3, -0.25) is 0 Å². The van der Waals surface area contributed by atoms with Gasteiger partial charge in [0.1, 0.15) is 5.51 Å². The van der Waals surface area contributed by atoms with Crippen molar-refractivity contribution >= 4 is 16.5 Å². The molecule has 0 fully saturated rings. The molecule has 0 saturated heterocycles. The summed E-state index contributed by atoms with van der Waals surface area (Å²) < 4.78 is 0. The van der Waals surface area contributed by atoms with E-state index >= 15 is 0 Å². The third-order valence-corrected chi connectivity index (χ3v) is 1.68. The maximum Gasteiger partial charge on any atom is 0.205 e. The fourth-order valence-corrected chi connectivity index (χ4v) is 0.986. The molecule has 4 nitrogen and oxygen atoms in total. The van der Waals surface area contributed by atoms with Crippen LogP contribution in [0.5, 0.6) is 0 Å². The van der Waals surface area contributed by atoms with Crippen LogP contribution in [0.2, 0.25) is 0 Å².